The van der Waals surface area contributed by atoms with Crippen molar-refractivity contribution in [3.05, 3.63) is 0 Å². The fourth-order valence-corrected chi connectivity index (χ4v) is 3.21. The monoisotopic (exact) mass is 327 g/mol. The maximum atomic E-state index is 12.1. The molecular formula is C17H29NO5. The lowest BCUT2D eigenvalue weighted by molar-refractivity contribution is -0.150. The number of hydrogen-bond acceptors (Lipinski definition) is 5. The molecule has 1 spiro atoms. The fourth-order valence-electron chi connectivity index (χ4n) is 3.21. The van der Waals surface area contributed by atoms with E-state index in [1.807, 2.05) is 20.8 Å². The number of amides is 1. The Morgan fingerprint density at radius 1 is 1.22 bits per heavy atom. The van der Waals surface area contributed by atoms with Crippen LogP contribution in [0.2, 0.25) is 0 Å². The maximum Gasteiger partial charge on any atom is 0.410 e. The first-order chi connectivity index (χ1) is 10.7. The van der Waals surface area contributed by atoms with Gasteiger partial charge in [0.1, 0.15) is 5.60 Å². The minimum absolute atomic E-state index is 0.134. The van der Waals surface area contributed by atoms with E-state index >= 15 is 0 Å². The number of esters is 1. The molecule has 0 unspecified atom stereocenters. The predicted octanol–water partition coefficient (Wildman–Crippen LogP) is 2.75. The van der Waals surface area contributed by atoms with Crippen molar-refractivity contribution in [1.82, 2.24) is 4.90 Å². The lowest BCUT2D eigenvalue weighted by atomic mass is 9.81. The van der Waals surface area contributed by atoms with Gasteiger partial charge in [-0.3, -0.25) is 4.79 Å². The van der Waals surface area contributed by atoms with Gasteiger partial charge in [-0.15, -0.1) is 0 Å². The number of ether oxygens (including phenoxy) is 3. The highest BCUT2D eigenvalue weighted by molar-refractivity contribution is 5.69. The van der Waals surface area contributed by atoms with Gasteiger partial charge in [0.15, 0.2) is 0 Å². The van der Waals surface area contributed by atoms with Gasteiger partial charge in [-0.1, -0.05) is 0 Å². The number of carbonyl (C=O) groups excluding carboxylic acids is 2. The summed E-state index contributed by atoms with van der Waals surface area (Å²) < 4.78 is 16.2. The third-order valence-corrected chi connectivity index (χ3v) is 4.64. The van der Waals surface area contributed by atoms with E-state index in [1.54, 1.807) is 4.90 Å². The standard InChI is InChI=1S/C17H29NO5/c1-16(2,3)23-15(20)18-9-7-17(8-10-18)6-5-13(12-22-17)11-14(19)21-4/h13H,5-12H2,1-4H3/t13-/m0/s1. The van der Waals surface area contributed by atoms with Gasteiger partial charge < -0.3 is 19.1 Å². The van der Waals surface area contributed by atoms with Crippen LogP contribution in [0.25, 0.3) is 0 Å². The molecule has 0 aromatic rings. The maximum absolute atomic E-state index is 12.1. The van der Waals surface area contributed by atoms with E-state index in [-0.39, 0.29) is 23.6 Å². The van der Waals surface area contributed by atoms with Gasteiger partial charge in [-0.25, -0.2) is 4.79 Å². The molecular weight excluding hydrogens is 298 g/mol. The Kier molecular flexibility index (Phi) is 5.55. The Hall–Kier alpha value is -1.30. The van der Waals surface area contributed by atoms with Crippen molar-refractivity contribution in [2.45, 2.75) is 64.1 Å². The van der Waals surface area contributed by atoms with Crippen molar-refractivity contribution in [1.29, 1.82) is 0 Å². The first kappa shape index (κ1) is 18.0. The highest BCUT2D eigenvalue weighted by Crippen LogP contribution is 2.37. The molecule has 0 radical (unpaired) electrons. The first-order valence-electron chi connectivity index (χ1n) is 8.42. The Morgan fingerprint density at radius 2 is 1.87 bits per heavy atom. The topological polar surface area (TPSA) is 65.1 Å². The quantitative estimate of drug-likeness (QED) is 0.730. The number of carbonyl (C=O) groups is 2. The van der Waals surface area contributed by atoms with Crippen molar-refractivity contribution < 1.29 is 23.8 Å². The highest BCUT2D eigenvalue weighted by atomic mass is 16.6. The lowest BCUT2D eigenvalue weighted by Gasteiger charge is -2.45. The normalized spacial score (nSPS) is 24.3. The molecule has 6 nitrogen and oxygen atoms in total. The Balaban J connectivity index is 1.78. The summed E-state index contributed by atoms with van der Waals surface area (Å²) in [5.41, 5.74) is -0.597. The van der Waals surface area contributed by atoms with Gasteiger partial charge in [0.05, 0.1) is 25.7 Å². The summed E-state index contributed by atoms with van der Waals surface area (Å²) in [5.74, 6) is 0.0752. The molecule has 0 aliphatic carbocycles. The molecule has 2 saturated heterocycles. The molecule has 132 valence electrons. The first-order valence-corrected chi connectivity index (χ1v) is 8.42. The zero-order valence-electron chi connectivity index (χ0n) is 14.7. The van der Waals surface area contributed by atoms with Crippen LogP contribution < -0.4 is 0 Å². The predicted molar refractivity (Wildman–Crippen MR) is 85.1 cm³/mol. The highest BCUT2D eigenvalue weighted by Gasteiger charge is 2.41. The molecule has 6 heteroatoms. The van der Waals surface area contributed by atoms with Crippen molar-refractivity contribution in [3.8, 4) is 0 Å². The molecule has 0 bridgehead atoms. The Labute approximate surface area is 138 Å². The zero-order valence-corrected chi connectivity index (χ0v) is 14.7. The number of methoxy groups -OCH3 is 1. The van der Waals surface area contributed by atoms with E-state index in [4.69, 9.17) is 14.2 Å². The second-order valence-electron chi connectivity index (χ2n) is 7.65. The summed E-state index contributed by atoms with van der Waals surface area (Å²) in [5, 5.41) is 0. The molecule has 2 rings (SSSR count). The van der Waals surface area contributed by atoms with Gasteiger partial charge in [-0.05, 0) is 52.4 Å². The smallest absolute Gasteiger partial charge is 0.410 e. The second-order valence-corrected chi connectivity index (χ2v) is 7.65. The molecule has 2 heterocycles. The van der Waals surface area contributed by atoms with E-state index in [1.165, 1.54) is 7.11 Å². The van der Waals surface area contributed by atoms with Crippen LogP contribution in [-0.2, 0) is 19.0 Å². The van der Waals surface area contributed by atoms with Crippen LogP contribution in [0.5, 0.6) is 0 Å². The molecule has 0 aromatic heterocycles. The summed E-state index contributed by atoms with van der Waals surface area (Å²) in [7, 11) is 1.42. The van der Waals surface area contributed by atoms with Crippen LogP contribution in [0.3, 0.4) is 0 Å². The van der Waals surface area contributed by atoms with E-state index < -0.39 is 5.60 Å². The Morgan fingerprint density at radius 3 is 2.35 bits per heavy atom. The molecule has 23 heavy (non-hydrogen) atoms. The van der Waals surface area contributed by atoms with Gasteiger partial charge in [0.25, 0.3) is 0 Å². The molecule has 2 aliphatic heterocycles. The van der Waals surface area contributed by atoms with Gasteiger partial charge >= 0.3 is 12.1 Å². The van der Waals surface area contributed by atoms with Crippen LogP contribution in [0.4, 0.5) is 4.79 Å². The number of nitrogens with zero attached hydrogens (tertiary/aromatic N) is 1. The average Bonchev–Trinajstić information content (AvgIpc) is 2.48. The van der Waals surface area contributed by atoms with Crippen LogP contribution in [0.15, 0.2) is 0 Å². The second kappa shape index (κ2) is 7.07. The number of piperidine rings is 1. The summed E-state index contributed by atoms with van der Waals surface area (Å²) >= 11 is 0. The molecule has 2 fully saturated rings. The summed E-state index contributed by atoms with van der Waals surface area (Å²) in [6.45, 7) is 7.56. The molecule has 0 N–H and O–H groups in total. The summed E-state index contributed by atoms with van der Waals surface area (Å²) in [4.78, 5) is 25.2. The van der Waals surface area contributed by atoms with Gasteiger partial charge in [0, 0.05) is 13.1 Å². The largest absolute Gasteiger partial charge is 0.469 e. The fraction of sp³-hybridized carbons (Fsp3) is 0.882. The van der Waals surface area contributed by atoms with Crippen molar-refractivity contribution in [3.63, 3.8) is 0 Å². The number of rotatable bonds is 2. The van der Waals surface area contributed by atoms with Crippen LogP contribution in [-0.4, -0.2) is 55.0 Å². The number of hydrogen-bond donors (Lipinski definition) is 0. The summed E-state index contributed by atoms with van der Waals surface area (Å²) in [6, 6.07) is 0. The third-order valence-electron chi connectivity index (χ3n) is 4.64. The van der Waals surface area contributed by atoms with E-state index in [9.17, 15) is 9.59 Å². The zero-order chi connectivity index (χ0) is 17.1. The SMILES string of the molecule is COC(=O)C[C@@H]1CCC2(CCN(C(=O)OC(C)(C)C)CC2)OC1. The van der Waals surface area contributed by atoms with Crippen LogP contribution in [0, 0.1) is 5.92 Å². The van der Waals surface area contributed by atoms with Crippen molar-refractivity contribution in [2.24, 2.45) is 5.92 Å². The minimum atomic E-state index is -0.464. The minimum Gasteiger partial charge on any atom is -0.469 e. The molecule has 0 aromatic carbocycles. The van der Waals surface area contributed by atoms with Crippen LogP contribution in [0.1, 0.15) is 52.9 Å². The third kappa shape index (κ3) is 5.09. The Bertz CT molecular complexity index is 425. The van der Waals surface area contributed by atoms with Crippen molar-refractivity contribution in [2.75, 3.05) is 26.8 Å². The molecule has 0 saturated carbocycles. The van der Waals surface area contributed by atoms with Gasteiger partial charge in [-0.2, -0.15) is 0 Å². The lowest BCUT2D eigenvalue weighted by Crippen LogP contribution is -2.51. The summed E-state index contributed by atoms with van der Waals surface area (Å²) in [6.07, 6.45) is 3.76. The van der Waals surface area contributed by atoms with Crippen LogP contribution >= 0.6 is 0 Å². The van der Waals surface area contributed by atoms with E-state index in [0.29, 0.717) is 26.1 Å². The average molecular weight is 327 g/mol. The molecule has 1 atom stereocenters. The van der Waals surface area contributed by atoms with Gasteiger partial charge in [0.2, 0.25) is 0 Å². The molecule has 1 amide bonds. The van der Waals surface area contributed by atoms with E-state index in [0.717, 1.165) is 25.7 Å². The van der Waals surface area contributed by atoms with E-state index in [2.05, 4.69) is 0 Å². The number of likely N-dealkylation sites (tertiary alicyclic amines) is 1. The molecule has 2 aliphatic rings. The van der Waals surface area contributed by atoms with Crippen molar-refractivity contribution >= 4 is 12.1 Å².